The number of ether oxygens (including phenoxy) is 2. The van der Waals surface area contributed by atoms with E-state index in [1.165, 1.54) is 31.3 Å². The van der Waals surface area contributed by atoms with Gasteiger partial charge in [-0.05, 0) is 108 Å². The fraction of sp³-hybridized carbons (Fsp3) is 0.588. The van der Waals surface area contributed by atoms with Crippen molar-refractivity contribution >= 4 is 78.2 Å². The summed E-state index contributed by atoms with van der Waals surface area (Å²) in [6.45, 7) is 24.1. The molecule has 5 rings (SSSR count). The first-order valence-electron chi connectivity index (χ1n) is 24.8. The first-order chi connectivity index (χ1) is 34.0. The number of ketones is 1. The third kappa shape index (κ3) is 13.2. The molecule has 0 saturated carbocycles. The van der Waals surface area contributed by atoms with Crippen LogP contribution in [-0.4, -0.2) is 142 Å². The van der Waals surface area contributed by atoms with Crippen LogP contribution in [0.1, 0.15) is 139 Å². The zero-order valence-electron chi connectivity index (χ0n) is 44.5. The molecule has 22 heteroatoms. The maximum Gasteiger partial charge on any atom is 0.311 e. The van der Waals surface area contributed by atoms with Crippen molar-refractivity contribution in [2.45, 2.75) is 135 Å². The third-order valence-electron chi connectivity index (χ3n) is 13.7. The molecule has 0 fully saturated rings. The molecule has 0 radical (unpaired) electrons. The average molecular weight is 1070 g/mol. The minimum Gasteiger partial charge on any atom is -0.426 e. The molecule has 0 bridgehead atoms. The Labute approximate surface area is 434 Å². The molecule has 5 N–H and O–H groups in total. The Morgan fingerprint density at radius 1 is 1.04 bits per heavy atom. The molecule has 3 atom stereocenters. The average Bonchev–Trinajstić information content (AvgIpc) is 3.99. The van der Waals surface area contributed by atoms with Crippen molar-refractivity contribution in [2.24, 2.45) is 10.8 Å². The normalized spacial score (nSPS) is 17.7. The number of hydrogen-bond acceptors (Lipinski definition) is 14. The van der Waals surface area contributed by atoms with Gasteiger partial charge in [0.05, 0.1) is 29.1 Å². The van der Waals surface area contributed by atoms with E-state index in [9.17, 15) is 45.9 Å². The third-order valence-corrected chi connectivity index (χ3v) is 19.3. The zero-order valence-corrected chi connectivity index (χ0v) is 47.0. The number of methoxy groups -OCH3 is 1. The summed E-state index contributed by atoms with van der Waals surface area (Å²) in [5, 5.41) is 15.9. The number of fused-ring (bicyclic) bond motifs is 2. The van der Waals surface area contributed by atoms with E-state index in [4.69, 9.17) is 9.47 Å². The highest BCUT2D eigenvalue weighted by Crippen LogP contribution is 2.46. The molecule has 0 spiro atoms. The summed E-state index contributed by atoms with van der Waals surface area (Å²) in [4.78, 5) is 75.2. The molecule has 1 aromatic carbocycles. The van der Waals surface area contributed by atoms with Gasteiger partial charge in [-0.15, -0.1) is 11.3 Å². The standard InChI is InChI=1S/C51H75N7O12S3/c1-14-51(12,44(61)33(7)59)55-72(65,66)42-27-37-40(29-57(22-18-24-69-13)73(67,68)47(37)71-42)58(17-4)48(64)50(10,11)30-49(8,9)28-41(60)70-34-19-20-38-35(25-34)36(45(62)54-38)26-39-31(5)43(32(6)53-39)46(63)52-21-23-56(15-2)16-3/h19-20,25-27,33,40,53,55,59H,14-18,21-24,28-30H2,1-13H3,(H,52,63)(H,54,62)/b36-26-/t33-,40-,51?/m0/s1. The molecular formula is C51H75N7O12S3. The minimum absolute atomic E-state index is 0.000416. The highest BCUT2D eigenvalue weighted by atomic mass is 32.3. The minimum atomic E-state index is -4.54. The Morgan fingerprint density at radius 2 is 1.71 bits per heavy atom. The fourth-order valence-electron chi connectivity index (χ4n) is 9.93. The Balaban J connectivity index is 1.35. The van der Waals surface area contributed by atoms with Gasteiger partial charge >= 0.3 is 5.97 Å². The number of aliphatic hydroxyl groups is 1. The lowest BCUT2D eigenvalue weighted by Gasteiger charge is -2.43. The predicted molar refractivity (Wildman–Crippen MR) is 281 cm³/mol. The van der Waals surface area contributed by atoms with Gasteiger partial charge in [0, 0.05) is 80.1 Å². The molecule has 73 heavy (non-hydrogen) atoms. The van der Waals surface area contributed by atoms with E-state index in [2.05, 4.69) is 39.1 Å². The number of rotatable bonds is 25. The van der Waals surface area contributed by atoms with Gasteiger partial charge in [0.15, 0.2) is 5.78 Å². The largest absolute Gasteiger partial charge is 0.426 e. The van der Waals surface area contributed by atoms with Gasteiger partial charge in [-0.1, -0.05) is 48.5 Å². The smallest absolute Gasteiger partial charge is 0.311 e. The van der Waals surface area contributed by atoms with Crippen LogP contribution in [0.5, 0.6) is 5.75 Å². The van der Waals surface area contributed by atoms with Gasteiger partial charge in [0.1, 0.15) is 20.3 Å². The number of esters is 1. The Kier molecular flexibility index (Phi) is 18.9. The first kappa shape index (κ1) is 59.1. The van der Waals surface area contributed by atoms with E-state index in [0.717, 1.165) is 19.6 Å². The summed E-state index contributed by atoms with van der Waals surface area (Å²) in [5.74, 6) is -2.08. The van der Waals surface area contributed by atoms with E-state index in [0.29, 0.717) is 63.6 Å². The Hall–Kier alpha value is -4.81. The van der Waals surface area contributed by atoms with Crippen LogP contribution in [0.25, 0.3) is 11.6 Å². The number of aromatic amines is 1. The maximum absolute atomic E-state index is 14.9. The highest BCUT2D eigenvalue weighted by molar-refractivity contribution is 7.94. The first-order valence-corrected chi connectivity index (χ1v) is 28.5. The number of thiophene rings is 1. The van der Waals surface area contributed by atoms with Crippen LogP contribution >= 0.6 is 11.3 Å². The number of carbonyl (C=O) groups is 5. The summed E-state index contributed by atoms with van der Waals surface area (Å²) < 4.78 is 70.4. The maximum atomic E-state index is 14.9. The molecule has 0 aliphatic carbocycles. The van der Waals surface area contributed by atoms with Gasteiger partial charge in [0.2, 0.25) is 5.91 Å². The summed E-state index contributed by atoms with van der Waals surface area (Å²) in [5.41, 5.74) is 0.222. The number of benzene rings is 1. The monoisotopic (exact) mass is 1070 g/mol. The van der Waals surface area contributed by atoms with Gasteiger partial charge in [-0.2, -0.15) is 9.03 Å². The zero-order chi connectivity index (χ0) is 54.6. The number of aliphatic hydroxyl groups excluding tert-OH is 1. The van der Waals surface area contributed by atoms with Crippen LogP contribution < -0.4 is 20.1 Å². The lowest BCUT2D eigenvalue weighted by Crippen LogP contribution is -2.54. The van der Waals surface area contributed by atoms with Gasteiger partial charge in [-0.3, -0.25) is 24.0 Å². The number of nitrogens with zero attached hydrogens (tertiary/aromatic N) is 3. The lowest BCUT2D eigenvalue weighted by molar-refractivity contribution is -0.146. The van der Waals surface area contributed by atoms with Crippen molar-refractivity contribution in [1.82, 2.24) is 29.1 Å². The Bertz CT molecular complexity index is 2830. The van der Waals surface area contributed by atoms with E-state index >= 15 is 0 Å². The Morgan fingerprint density at radius 3 is 2.32 bits per heavy atom. The number of Topliss-reactive ketones (excluding diaryl/α,β-unsaturated/α-hetero) is 1. The molecule has 2 aliphatic rings. The van der Waals surface area contributed by atoms with Crippen molar-refractivity contribution < 1.29 is 55.4 Å². The van der Waals surface area contributed by atoms with Crippen molar-refractivity contribution in [3.63, 3.8) is 0 Å². The number of H-pyrrole nitrogens is 1. The van der Waals surface area contributed by atoms with Gasteiger partial charge < -0.3 is 40.0 Å². The second kappa shape index (κ2) is 23.4. The molecule has 3 amide bonds. The number of carbonyl (C=O) groups excluding carboxylic acids is 5. The van der Waals surface area contributed by atoms with Crippen LogP contribution in [0.3, 0.4) is 0 Å². The summed E-state index contributed by atoms with van der Waals surface area (Å²) in [6, 6.07) is 5.17. The van der Waals surface area contributed by atoms with Crippen molar-refractivity contribution in [1.29, 1.82) is 0 Å². The molecule has 19 nitrogen and oxygen atoms in total. The van der Waals surface area contributed by atoms with Crippen molar-refractivity contribution in [2.75, 3.05) is 64.8 Å². The van der Waals surface area contributed by atoms with E-state index in [1.807, 2.05) is 20.8 Å². The molecule has 4 heterocycles. The topological polar surface area (TPSA) is 254 Å². The quantitative estimate of drug-likeness (QED) is 0.0282. The predicted octanol–water partition coefficient (Wildman–Crippen LogP) is 6.02. The molecule has 2 aliphatic heterocycles. The van der Waals surface area contributed by atoms with Crippen molar-refractivity contribution in [3.8, 4) is 5.75 Å². The SMILES string of the molecule is CCN(CC)CCNC(=O)c1c(C)[nH]c(/C=C2\C(=O)Nc3ccc(OC(=O)CC(C)(C)CC(C)(C)C(=O)N(CC)[C@H]4CN(CCCOC)S(=O)(=O)c5sc(S(=O)(=O)NC(C)(CC)C(=O)[C@H](C)O)cc54)cc32)c1C. The second-order valence-electron chi connectivity index (χ2n) is 20.5. The van der Waals surface area contributed by atoms with Gasteiger partial charge in [-0.25, -0.2) is 16.8 Å². The van der Waals surface area contributed by atoms with Crippen LogP contribution in [0.2, 0.25) is 0 Å². The number of anilines is 1. The number of nitrogens with one attached hydrogen (secondary N) is 4. The number of aryl methyl sites for hydroxylation is 1. The lowest BCUT2D eigenvalue weighted by atomic mass is 9.72. The molecule has 2 aromatic heterocycles. The second-order valence-corrected chi connectivity index (χ2v) is 25.6. The summed E-state index contributed by atoms with van der Waals surface area (Å²) in [7, 11) is -7.30. The van der Waals surface area contributed by atoms with Crippen LogP contribution in [-0.2, 0) is 44.0 Å². The number of aromatic nitrogens is 1. The molecule has 404 valence electrons. The van der Waals surface area contributed by atoms with Crippen molar-refractivity contribution in [3.05, 3.63) is 57.9 Å². The fourth-order valence-corrected chi connectivity index (χ4v) is 15.2. The van der Waals surface area contributed by atoms with Gasteiger partial charge in [0.25, 0.3) is 31.9 Å². The summed E-state index contributed by atoms with van der Waals surface area (Å²) in [6.07, 6.45) is 0.604. The number of amides is 3. The molecule has 3 aromatic rings. The van der Waals surface area contributed by atoms with Crippen LogP contribution in [0.15, 0.2) is 32.7 Å². The number of likely N-dealkylation sites (N-methyl/N-ethyl adjacent to an activating group) is 2. The summed E-state index contributed by atoms with van der Waals surface area (Å²) >= 11 is 0.531. The molecule has 0 saturated heterocycles. The van der Waals surface area contributed by atoms with E-state index in [-0.39, 0.29) is 83.0 Å². The molecular weight excluding hydrogens is 999 g/mol. The number of sulfonamides is 2. The van der Waals surface area contributed by atoms with E-state index in [1.54, 1.807) is 63.8 Å². The highest BCUT2D eigenvalue weighted by Gasteiger charge is 2.47. The number of hydrogen-bond donors (Lipinski definition) is 5. The van der Waals surface area contributed by atoms with Crippen LogP contribution in [0.4, 0.5) is 5.69 Å². The van der Waals surface area contributed by atoms with E-state index < -0.39 is 60.3 Å². The molecule has 1 unspecified atom stereocenters. The van der Waals surface area contributed by atoms with Crippen LogP contribution in [0, 0.1) is 24.7 Å².